The van der Waals surface area contributed by atoms with Gasteiger partial charge in [0, 0.05) is 6.92 Å². The van der Waals surface area contributed by atoms with Gasteiger partial charge in [-0.1, -0.05) is 13.8 Å². The molecule has 0 rings (SSSR count). The molecule has 0 bridgehead atoms. The fourth-order valence-electron chi connectivity index (χ4n) is 2.70. The van der Waals surface area contributed by atoms with Crippen LogP contribution in [0.25, 0.3) is 0 Å². The van der Waals surface area contributed by atoms with Gasteiger partial charge in [-0.05, 0) is 38.1 Å². The maximum atomic E-state index is 12.2. The maximum absolute atomic E-state index is 12.2. The first-order valence-corrected chi connectivity index (χ1v) is 10.2. The van der Waals surface area contributed by atoms with Crippen molar-refractivity contribution in [2.24, 2.45) is 11.7 Å². The quantitative estimate of drug-likeness (QED) is 0.138. The number of nitrogens with two attached hydrogens (primary N) is 1. The Labute approximate surface area is 181 Å². The van der Waals surface area contributed by atoms with E-state index in [0.29, 0.717) is 25.8 Å². The molecular weight excluding hydrogens is 410 g/mol. The molecule has 0 aromatic rings. The molecule has 8 N–H and O–H groups in total. The van der Waals surface area contributed by atoms with Gasteiger partial charge < -0.3 is 37.2 Å². The summed E-state index contributed by atoms with van der Waals surface area (Å²) in [6.07, 6.45) is 1.60. The molecule has 0 saturated heterocycles. The summed E-state index contributed by atoms with van der Waals surface area (Å²) < 4.78 is 0. The van der Waals surface area contributed by atoms with E-state index in [2.05, 4.69) is 21.3 Å². The van der Waals surface area contributed by atoms with Crippen molar-refractivity contribution in [3.8, 4) is 0 Å². The van der Waals surface area contributed by atoms with E-state index >= 15 is 0 Å². The second-order valence-electron chi connectivity index (χ2n) is 7.59. The highest BCUT2D eigenvalue weighted by atomic mass is 16.4. The number of aliphatic hydroxyl groups is 1. The van der Waals surface area contributed by atoms with Crippen LogP contribution < -0.4 is 27.0 Å². The third kappa shape index (κ3) is 12.5. The molecule has 178 valence electrons. The number of carbonyl (C=O) groups is 5. The lowest BCUT2D eigenvalue weighted by Crippen LogP contribution is -2.55. The lowest BCUT2D eigenvalue weighted by atomic mass is 10.0. The Morgan fingerprint density at radius 1 is 0.903 bits per heavy atom. The third-order valence-corrected chi connectivity index (χ3v) is 4.22. The van der Waals surface area contributed by atoms with Gasteiger partial charge in [-0.15, -0.1) is 0 Å². The van der Waals surface area contributed by atoms with Crippen molar-refractivity contribution in [1.29, 1.82) is 0 Å². The molecule has 31 heavy (non-hydrogen) atoms. The predicted octanol–water partition coefficient (Wildman–Crippen LogP) is -2.17. The number of carboxylic acid groups (broad SMARTS) is 1. The number of aliphatic hydroxyl groups excluding tert-OH is 1. The first-order valence-electron chi connectivity index (χ1n) is 10.2. The molecule has 0 radical (unpaired) electrons. The van der Waals surface area contributed by atoms with Crippen molar-refractivity contribution in [2.75, 3.05) is 19.7 Å². The van der Waals surface area contributed by atoms with Gasteiger partial charge >= 0.3 is 5.97 Å². The van der Waals surface area contributed by atoms with E-state index in [0.717, 1.165) is 0 Å². The van der Waals surface area contributed by atoms with E-state index < -0.39 is 55.0 Å². The smallest absolute Gasteiger partial charge is 0.326 e. The SMILES string of the molecule is CC(=O)N[C@@H](CC(C)C)C(=O)NCC(=O)N[C@@H](CO)C(=O)N[C@@H](CCCCN)C(=O)O. The molecule has 0 aliphatic rings. The third-order valence-electron chi connectivity index (χ3n) is 4.22. The van der Waals surface area contributed by atoms with Gasteiger partial charge in [0.1, 0.15) is 18.1 Å². The number of hydrogen-bond acceptors (Lipinski definition) is 7. The number of rotatable bonds is 15. The molecule has 12 heteroatoms. The van der Waals surface area contributed by atoms with Crippen LogP contribution in [0.5, 0.6) is 0 Å². The molecule has 12 nitrogen and oxygen atoms in total. The van der Waals surface area contributed by atoms with Crippen LogP contribution in [0.2, 0.25) is 0 Å². The van der Waals surface area contributed by atoms with E-state index in [9.17, 15) is 34.2 Å². The number of nitrogens with one attached hydrogen (secondary N) is 4. The first kappa shape index (κ1) is 28.3. The van der Waals surface area contributed by atoms with Crippen molar-refractivity contribution < 1.29 is 34.2 Å². The minimum Gasteiger partial charge on any atom is -0.480 e. The first-order chi connectivity index (χ1) is 14.5. The summed E-state index contributed by atoms with van der Waals surface area (Å²) in [5.74, 6) is -3.70. The van der Waals surface area contributed by atoms with Crippen molar-refractivity contribution in [3.63, 3.8) is 0 Å². The molecular formula is C19H35N5O7. The average molecular weight is 446 g/mol. The van der Waals surface area contributed by atoms with Crippen molar-refractivity contribution in [2.45, 2.75) is 64.6 Å². The average Bonchev–Trinajstić information content (AvgIpc) is 2.67. The number of hydrogen-bond donors (Lipinski definition) is 7. The topological polar surface area (TPSA) is 200 Å². The van der Waals surface area contributed by atoms with Crippen molar-refractivity contribution in [3.05, 3.63) is 0 Å². The Kier molecular flexibility index (Phi) is 13.8. The van der Waals surface area contributed by atoms with Gasteiger partial charge in [0.05, 0.1) is 13.2 Å². The summed E-state index contributed by atoms with van der Waals surface area (Å²) in [4.78, 5) is 59.1. The van der Waals surface area contributed by atoms with E-state index in [1.54, 1.807) is 0 Å². The summed E-state index contributed by atoms with van der Waals surface area (Å²) in [6.45, 7) is 4.16. The molecule has 0 saturated carbocycles. The highest BCUT2D eigenvalue weighted by molar-refractivity contribution is 5.93. The van der Waals surface area contributed by atoms with Gasteiger partial charge in [-0.25, -0.2) is 4.79 Å². The summed E-state index contributed by atoms with van der Waals surface area (Å²) in [5, 5.41) is 28.0. The van der Waals surface area contributed by atoms with E-state index in [1.165, 1.54) is 6.92 Å². The fraction of sp³-hybridized carbons (Fsp3) is 0.737. The zero-order valence-corrected chi connectivity index (χ0v) is 18.3. The molecule has 0 aromatic heterocycles. The monoisotopic (exact) mass is 445 g/mol. The van der Waals surface area contributed by atoms with Crippen molar-refractivity contribution >= 4 is 29.6 Å². The van der Waals surface area contributed by atoms with Gasteiger partial charge in [-0.3, -0.25) is 19.2 Å². The lowest BCUT2D eigenvalue weighted by Gasteiger charge is -2.21. The minimum absolute atomic E-state index is 0.117. The van der Waals surface area contributed by atoms with Crippen LogP contribution in [0.3, 0.4) is 0 Å². The fourth-order valence-corrected chi connectivity index (χ4v) is 2.70. The maximum Gasteiger partial charge on any atom is 0.326 e. The van der Waals surface area contributed by atoms with Crippen LogP contribution in [-0.4, -0.2) is 77.6 Å². The summed E-state index contributed by atoms with van der Waals surface area (Å²) >= 11 is 0. The van der Waals surface area contributed by atoms with E-state index in [4.69, 9.17) is 5.73 Å². The Hall–Kier alpha value is -2.73. The molecule has 0 spiro atoms. The number of carboxylic acids is 1. The zero-order valence-electron chi connectivity index (χ0n) is 18.3. The Morgan fingerprint density at radius 2 is 1.55 bits per heavy atom. The molecule has 0 fully saturated rings. The van der Waals surface area contributed by atoms with Gasteiger partial charge in [0.2, 0.25) is 23.6 Å². The number of carbonyl (C=O) groups excluding carboxylic acids is 4. The highest BCUT2D eigenvalue weighted by Gasteiger charge is 2.26. The lowest BCUT2D eigenvalue weighted by molar-refractivity contribution is -0.142. The molecule has 0 aliphatic carbocycles. The number of aliphatic carboxylic acids is 1. The molecule has 0 aliphatic heterocycles. The van der Waals surface area contributed by atoms with Gasteiger partial charge in [0.25, 0.3) is 0 Å². The summed E-state index contributed by atoms with van der Waals surface area (Å²) in [5.41, 5.74) is 5.37. The van der Waals surface area contributed by atoms with E-state index in [1.807, 2.05) is 13.8 Å². The summed E-state index contributed by atoms with van der Waals surface area (Å²) in [6, 6.07) is -3.38. The van der Waals surface area contributed by atoms with Gasteiger partial charge in [-0.2, -0.15) is 0 Å². The highest BCUT2D eigenvalue weighted by Crippen LogP contribution is 2.05. The van der Waals surface area contributed by atoms with E-state index in [-0.39, 0.29) is 18.2 Å². The van der Waals surface area contributed by atoms with Crippen LogP contribution in [0.1, 0.15) is 46.5 Å². The van der Waals surface area contributed by atoms with Crippen LogP contribution >= 0.6 is 0 Å². The molecule has 4 amide bonds. The minimum atomic E-state index is -1.39. The normalized spacial score (nSPS) is 13.6. The van der Waals surface area contributed by atoms with Crippen LogP contribution in [0, 0.1) is 5.92 Å². The van der Waals surface area contributed by atoms with Crippen LogP contribution in [-0.2, 0) is 24.0 Å². The zero-order chi connectivity index (χ0) is 24.0. The van der Waals surface area contributed by atoms with Crippen LogP contribution in [0.15, 0.2) is 0 Å². The summed E-state index contributed by atoms with van der Waals surface area (Å²) in [7, 11) is 0. The molecule has 0 unspecified atom stereocenters. The van der Waals surface area contributed by atoms with Crippen molar-refractivity contribution in [1.82, 2.24) is 21.3 Å². The Morgan fingerprint density at radius 3 is 2.03 bits per heavy atom. The predicted molar refractivity (Wildman–Crippen MR) is 112 cm³/mol. The second-order valence-corrected chi connectivity index (χ2v) is 7.59. The largest absolute Gasteiger partial charge is 0.480 e. The molecule has 0 heterocycles. The Balaban J connectivity index is 4.76. The standard InChI is InChI=1S/C19H35N5O7/c1-11(2)8-14(22-12(3)26)17(28)21-9-16(27)23-15(10-25)18(29)24-13(19(30)31)6-4-5-7-20/h11,13-15,25H,4-10,20H2,1-3H3,(H,21,28)(H,22,26)(H,23,27)(H,24,29)(H,30,31)/t13-,14-,15-/m0/s1. The molecule has 0 aromatic carbocycles. The molecule has 3 atom stereocenters. The second kappa shape index (κ2) is 15.1. The Bertz CT molecular complexity index is 627. The van der Waals surface area contributed by atoms with Gasteiger partial charge in [0.15, 0.2) is 0 Å². The number of unbranched alkanes of at least 4 members (excludes halogenated alkanes) is 1. The number of amides is 4. The van der Waals surface area contributed by atoms with Crippen LogP contribution in [0.4, 0.5) is 0 Å².